The van der Waals surface area contributed by atoms with Gasteiger partial charge < -0.3 is 34.9 Å². The van der Waals surface area contributed by atoms with Crippen LogP contribution in [0.2, 0.25) is 0 Å². The number of hydrogen-bond donors (Lipinski definition) is 3. The second kappa shape index (κ2) is 31.5. The first-order valence-electron chi connectivity index (χ1n) is 16.5. The molecule has 0 aromatic carbocycles. The van der Waals surface area contributed by atoms with Crippen LogP contribution in [-0.2, 0) is 42.9 Å². The molecular weight excluding hydrogens is 588 g/mol. The van der Waals surface area contributed by atoms with Gasteiger partial charge in [-0.05, 0) is 19.3 Å². The molecule has 1 atom stereocenters. The Labute approximate surface area is 268 Å². The van der Waals surface area contributed by atoms with Crippen LogP contribution in [0.4, 0.5) is 0 Å². The van der Waals surface area contributed by atoms with Crippen LogP contribution in [-0.4, -0.2) is 111 Å². The first-order chi connectivity index (χ1) is 21.8. The number of unbranched alkanes of at least 4 members (excludes halogenated alkanes) is 12. The van der Waals surface area contributed by atoms with Crippen molar-refractivity contribution in [1.29, 1.82) is 0 Å². The van der Waals surface area contributed by atoms with Gasteiger partial charge in [-0.2, -0.15) is 0 Å². The topological polar surface area (TPSA) is 192 Å². The fraction of sp³-hybridized carbons (Fsp3) is 0.844. The van der Waals surface area contributed by atoms with Gasteiger partial charge in [-0.1, -0.05) is 64.2 Å². The van der Waals surface area contributed by atoms with Crippen molar-refractivity contribution in [3.8, 4) is 0 Å². The molecule has 0 heterocycles. The molecule has 1 radical (unpaired) electrons. The zero-order valence-electron chi connectivity index (χ0n) is 27.1. The van der Waals surface area contributed by atoms with Gasteiger partial charge in [0.25, 0.3) is 0 Å². The highest BCUT2D eigenvalue weighted by Crippen LogP contribution is 2.16. The second-order valence-electron chi connectivity index (χ2n) is 10.8. The Morgan fingerprint density at radius 3 is 1.44 bits per heavy atom. The van der Waals surface area contributed by atoms with E-state index >= 15 is 0 Å². The molecule has 45 heavy (non-hydrogen) atoms. The fourth-order valence-electron chi connectivity index (χ4n) is 4.60. The number of carbonyl (C=O) groups excluding carboxylic acids is 3. The number of aliphatic carboxylic acids is 2. The monoisotopic (exact) mass is 645 g/mol. The molecule has 13 heteroatoms. The number of carbonyl (C=O) groups is 4. The van der Waals surface area contributed by atoms with Crippen molar-refractivity contribution < 1.29 is 53.1 Å². The molecular formula is C32H57N2O11. The van der Waals surface area contributed by atoms with Gasteiger partial charge in [-0.15, -0.1) is 0 Å². The molecule has 0 spiro atoms. The van der Waals surface area contributed by atoms with Crippen LogP contribution in [0.1, 0.15) is 109 Å². The number of rotatable bonds is 34. The summed E-state index contributed by atoms with van der Waals surface area (Å²) in [6, 6.07) is -1.55. The van der Waals surface area contributed by atoms with Crippen LogP contribution >= 0.6 is 0 Å². The summed E-state index contributed by atoms with van der Waals surface area (Å²) in [5.41, 5.74) is 5.33. The third kappa shape index (κ3) is 26.5. The quantitative estimate of drug-likeness (QED) is 0.0862. The molecule has 0 saturated carbocycles. The number of nitrogens with two attached hydrogens (primary N) is 1. The lowest BCUT2D eigenvalue weighted by Gasteiger charge is -2.27. The average molecular weight is 646 g/mol. The Morgan fingerprint density at radius 1 is 0.578 bits per heavy atom. The van der Waals surface area contributed by atoms with Gasteiger partial charge in [0, 0.05) is 25.8 Å². The van der Waals surface area contributed by atoms with E-state index in [1.807, 2.05) is 6.29 Å². The highest BCUT2D eigenvalue weighted by Gasteiger charge is 2.34. The molecule has 2 amide bonds. The van der Waals surface area contributed by atoms with Crippen molar-refractivity contribution in [2.45, 2.75) is 115 Å². The van der Waals surface area contributed by atoms with Gasteiger partial charge in [-0.3, -0.25) is 24.1 Å². The Balaban J connectivity index is 4.38. The summed E-state index contributed by atoms with van der Waals surface area (Å²) in [5.74, 6) is -3.94. The molecule has 0 bridgehead atoms. The summed E-state index contributed by atoms with van der Waals surface area (Å²) in [4.78, 5) is 59.9. The minimum absolute atomic E-state index is 0.0143. The predicted octanol–water partition coefficient (Wildman–Crippen LogP) is 3.65. The standard InChI is InChI=1S/C32H57N2O11/c33-18-21-43-23-25-45-27-26-44-24-22-42-20-17-30(37)34(28(32(40)41)15-16-31(38)39)29(36)14-12-10-8-6-4-2-1-3-5-7-9-11-13-19-35/h28H,1-18,20-27,33H2,(H,38,39)(H,40,41)/t28-/m0/s1. The van der Waals surface area contributed by atoms with Crippen molar-refractivity contribution >= 4 is 30.0 Å². The van der Waals surface area contributed by atoms with Gasteiger partial charge >= 0.3 is 11.9 Å². The molecule has 0 aromatic heterocycles. The molecule has 261 valence electrons. The SMILES string of the molecule is NCCOCCOCCOCCOCCC(=O)N(C(=O)CCCCCCCCCCCCCC[C]=O)[C@@H](CCC(=O)O)C(=O)O. The number of imide groups is 1. The van der Waals surface area contributed by atoms with Gasteiger partial charge in [-0.25, -0.2) is 4.79 Å². The maximum absolute atomic E-state index is 13.0. The molecule has 0 aliphatic rings. The van der Waals surface area contributed by atoms with Gasteiger partial charge in [0.1, 0.15) is 6.04 Å². The number of carboxylic acids is 2. The predicted molar refractivity (Wildman–Crippen MR) is 167 cm³/mol. The van der Waals surface area contributed by atoms with E-state index in [9.17, 15) is 29.1 Å². The number of nitrogens with zero attached hydrogens (tertiary/aromatic N) is 1. The minimum atomic E-state index is -1.55. The molecule has 0 saturated heterocycles. The van der Waals surface area contributed by atoms with E-state index in [1.54, 1.807) is 0 Å². The van der Waals surface area contributed by atoms with Gasteiger partial charge in [0.15, 0.2) is 6.29 Å². The molecule has 0 rings (SSSR count). The van der Waals surface area contributed by atoms with Crippen LogP contribution < -0.4 is 5.73 Å². The van der Waals surface area contributed by atoms with E-state index in [0.717, 1.165) is 56.3 Å². The first kappa shape index (κ1) is 42.6. The third-order valence-corrected chi connectivity index (χ3v) is 7.02. The summed E-state index contributed by atoms with van der Waals surface area (Å²) < 4.78 is 21.3. The molecule has 0 unspecified atom stereocenters. The van der Waals surface area contributed by atoms with Crippen molar-refractivity contribution in [2.24, 2.45) is 5.73 Å². The highest BCUT2D eigenvalue weighted by atomic mass is 16.6. The number of amides is 2. The average Bonchev–Trinajstić information content (AvgIpc) is 3.01. The maximum atomic E-state index is 13.0. The summed E-state index contributed by atoms with van der Waals surface area (Å²) >= 11 is 0. The van der Waals surface area contributed by atoms with Crippen LogP contribution in [0.15, 0.2) is 0 Å². The van der Waals surface area contributed by atoms with E-state index in [4.69, 9.17) is 29.8 Å². The van der Waals surface area contributed by atoms with E-state index < -0.39 is 36.2 Å². The van der Waals surface area contributed by atoms with E-state index in [2.05, 4.69) is 0 Å². The van der Waals surface area contributed by atoms with Crippen LogP contribution in [0.25, 0.3) is 0 Å². The molecule has 13 nitrogen and oxygen atoms in total. The van der Waals surface area contributed by atoms with E-state index in [1.165, 1.54) is 19.3 Å². The summed E-state index contributed by atoms with van der Waals surface area (Å²) in [7, 11) is 0. The van der Waals surface area contributed by atoms with Crippen LogP contribution in [0, 0.1) is 0 Å². The smallest absolute Gasteiger partial charge is 0.326 e. The van der Waals surface area contributed by atoms with Crippen molar-refractivity contribution in [2.75, 3.05) is 59.4 Å². The lowest BCUT2D eigenvalue weighted by atomic mass is 10.0. The van der Waals surface area contributed by atoms with E-state index in [0.29, 0.717) is 52.4 Å². The van der Waals surface area contributed by atoms with Crippen molar-refractivity contribution in [3.05, 3.63) is 0 Å². The molecule has 4 N–H and O–H groups in total. The zero-order chi connectivity index (χ0) is 33.4. The van der Waals surface area contributed by atoms with Crippen molar-refractivity contribution in [3.63, 3.8) is 0 Å². The summed E-state index contributed by atoms with van der Waals surface area (Å²) in [5, 5.41) is 18.8. The van der Waals surface area contributed by atoms with E-state index in [-0.39, 0.29) is 39.1 Å². The molecule has 0 aromatic rings. The number of ether oxygens (including phenoxy) is 4. The third-order valence-electron chi connectivity index (χ3n) is 7.02. The zero-order valence-corrected chi connectivity index (χ0v) is 27.1. The highest BCUT2D eigenvalue weighted by molar-refractivity contribution is 5.99. The molecule has 0 fully saturated rings. The van der Waals surface area contributed by atoms with Gasteiger partial charge in [0.05, 0.1) is 59.3 Å². The molecule has 0 aliphatic carbocycles. The Bertz CT molecular complexity index is 782. The maximum Gasteiger partial charge on any atom is 0.326 e. The van der Waals surface area contributed by atoms with Crippen LogP contribution in [0.5, 0.6) is 0 Å². The second-order valence-corrected chi connectivity index (χ2v) is 10.8. The minimum Gasteiger partial charge on any atom is -0.481 e. The molecule has 0 aliphatic heterocycles. The normalized spacial score (nSPS) is 11.8. The first-order valence-corrected chi connectivity index (χ1v) is 16.5. The van der Waals surface area contributed by atoms with Crippen LogP contribution in [0.3, 0.4) is 0 Å². The fourth-order valence-corrected chi connectivity index (χ4v) is 4.60. The largest absolute Gasteiger partial charge is 0.481 e. The summed E-state index contributed by atoms with van der Waals surface area (Å²) in [6.45, 7) is 3.01. The Hall–Kier alpha value is -2.45. The lowest BCUT2D eigenvalue weighted by Crippen LogP contribution is -2.49. The number of hydrogen-bond acceptors (Lipinski definition) is 10. The summed E-state index contributed by atoms with van der Waals surface area (Å²) in [6.07, 6.45) is 13.7. The lowest BCUT2D eigenvalue weighted by molar-refractivity contribution is -0.159. The van der Waals surface area contributed by atoms with Gasteiger partial charge in [0.2, 0.25) is 11.8 Å². The Morgan fingerprint density at radius 2 is 1.00 bits per heavy atom. The van der Waals surface area contributed by atoms with Crippen molar-refractivity contribution in [1.82, 2.24) is 4.90 Å². The number of carboxylic acid groups (broad SMARTS) is 2. The Kier molecular flexibility index (Phi) is 29.8.